The highest BCUT2D eigenvalue weighted by Crippen LogP contribution is 2.39. The molecule has 1 aromatic heterocycles. The van der Waals surface area contributed by atoms with Crippen LogP contribution in [0.25, 0.3) is 11.4 Å². The number of aromatic nitrogens is 4. The van der Waals surface area contributed by atoms with Crippen molar-refractivity contribution in [2.45, 2.75) is 26.3 Å². The maximum absolute atomic E-state index is 12.4. The van der Waals surface area contributed by atoms with Crippen molar-refractivity contribution in [3.8, 4) is 11.4 Å². The molecule has 0 radical (unpaired) electrons. The lowest BCUT2D eigenvalue weighted by molar-refractivity contribution is -0.123. The molecule has 0 spiro atoms. The highest BCUT2D eigenvalue weighted by atomic mass is 16.2. The Morgan fingerprint density at radius 1 is 0.676 bits per heavy atom. The summed E-state index contributed by atoms with van der Waals surface area (Å²) in [6.07, 6.45) is 0. The second-order valence-electron chi connectivity index (χ2n) is 9.99. The van der Waals surface area contributed by atoms with Crippen LogP contribution in [0.15, 0.2) is 115 Å². The average Bonchev–Trinajstić information content (AvgIpc) is 3.41. The minimum absolute atomic E-state index is 0.0392. The summed E-state index contributed by atoms with van der Waals surface area (Å²) in [5, 5.41) is 16.9. The third kappa shape index (κ3) is 4.66. The van der Waals surface area contributed by atoms with Crippen LogP contribution < -0.4 is 5.32 Å². The molecular formula is C31H29N5O. The number of rotatable bonds is 6. The molecule has 0 saturated heterocycles. The number of nitrogens with one attached hydrogen (secondary N) is 1. The zero-order valence-electron chi connectivity index (χ0n) is 21.2. The van der Waals surface area contributed by atoms with Gasteiger partial charge in [0.05, 0.1) is 0 Å². The SMILES string of the molecule is CC(C)(C)C(=O)Nc1ccc(-c2nnn(C(c3ccccc3)(c3ccccc3)c3ccccc3)n2)cc1. The first-order valence-corrected chi connectivity index (χ1v) is 12.3. The van der Waals surface area contributed by atoms with E-state index in [1.54, 1.807) is 4.80 Å². The van der Waals surface area contributed by atoms with Crippen LogP contribution in [0.1, 0.15) is 37.5 Å². The number of hydrogen-bond acceptors (Lipinski definition) is 4. The molecule has 0 bridgehead atoms. The van der Waals surface area contributed by atoms with Gasteiger partial charge in [0, 0.05) is 16.7 Å². The van der Waals surface area contributed by atoms with Crippen LogP contribution in [0.2, 0.25) is 0 Å². The van der Waals surface area contributed by atoms with Crippen molar-refractivity contribution in [3.05, 3.63) is 132 Å². The molecule has 6 nitrogen and oxygen atoms in total. The fraction of sp³-hybridized carbons (Fsp3) is 0.161. The lowest BCUT2D eigenvalue weighted by Gasteiger charge is -2.34. The fourth-order valence-corrected chi connectivity index (χ4v) is 4.38. The molecule has 0 aliphatic carbocycles. The van der Waals surface area contributed by atoms with Crippen molar-refractivity contribution < 1.29 is 4.79 Å². The predicted octanol–water partition coefficient (Wildman–Crippen LogP) is 6.16. The summed E-state index contributed by atoms with van der Waals surface area (Å²) in [5.41, 5.74) is 3.31. The van der Waals surface area contributed by atoms with Crippen LogP contribution in [0.3, 0.4) is 0 Å². The first-order chi connectivity index (χ1) is 17.9. The monoisotopic (exact) mass is 487 g/mol. The van der Waals surface area contributed by atoms with Crippen LogP contribution in [-0.4, -0.2) is 26.1 Å². The quantitative estimate of drug-likeness (QED) is 0.291. The van der Waals surface area contributed by atoms with Crippen molar-refractivity contribution in [1.82, 2.24) is 20.2 Å². The van der Waals surface area contributed by atoms with Crippen LogP contribution in [0.4, 0.5) is 5.69 Å². The Morgan fingerprint density at radius 3 is 1.57 bits per heavy atom. The van der Waals surface area contributed by atoms with E-state index >= 15 is 0 Å². The molecule has 0 saturated carbocycles. The number of nitrogens with zero attached hydrogens (tertiary/aromatic N) is 4. The van der Waals surface area contributed by atoms with Crippen molar-refractivity contribution >= 4 is 11.6 Å². The second-order valence-corrected chi connectivity index (χ2v) is 9.99. The predicted molar refractivity (Wildman–Crippen MR) is 146 cm³/mol. The van der Waals surface area contributed by atoms with Crippen molar-refractivity contribution in [2.24, 2.45) is 5.41 Å². The van der Waals surface area contributed by atoms with E-state index in [9.17, 15) is 4.79 Å². The normalized spacial score (nSPS) is 11.8. The lowest BCUT2D eigenvalue weighted by atomic mass is 9.77. The highest BCUT2D eigenvalue weighted by molar-refractivity contribution is 5.94. The van der Waals surface area contributed by atoms with Gasteiger partial charge >= 0.3 is 0 Å². The van der Waals surface area contributed by atoms with Gasteiger partial charge in [0.2, 0.25) is 11.7 Å². The number of anilines is 1. The van der Waals surface area contributed by atoms with E-state index in [0.29, 0.717) is 5.82 Å². The first-order valence-electron chi connectivity index (χ1n) is 12.3. The van der Waals surface area contributed by atoms with E-state index in [4.69, 9.17) is 5.10 Å². The molecule has 0 unspecified atom stereocenters. The van der Waals surface area contributed by atoms with Gasteiger partial charge in [-0.3, -0.25) is 4.79 Å². The molecule has 0 aliphatic rings. The third-order valence-electron chi connectivity index (χ3n) is 6.37. The van der Waals surface area contributed by atoms with Crippen molar-refractivity contribution in [3.63, 3.8) is 0 Å². The maximum Gasteiger partial charge on any atom is 0.229 e. The summed E-state index contributed by atoms with van der Waals surface area (Å²) in [6, 6.07) is 38.2. The Bertz CT molecular complexity index is 1380. The standard InChI is InChI=1S/C31H29N5O/c1-30(2,3)29(37)32-27-21-19-23(20-22-27)28-33-35-36(34-28)31(24-13-7-4-8-14-24,25-15-9-5-10-16-25)26-17-11-6-12-18-26/h4-22H,1-3H3,(H,32,37). The molecule has 37 heavy (non-hydrogen) atoms. The van der Waals surface area contributed by atoms with Crippen LogP contribution in [0, 0.1) is 5.41 Å². The van der Waals surface area contributed by atoms with Gasteiger partial charge in [-0.2, -0.15) is 0 Å². The summed E-state index contributed by atoms with van der Waals surface area (Å²) in [7, 11) is 0. The molecular weight excluding hydrogens is 458 g/mol. The van der Waals surface area contributed by atoms with Gasteiger partial charge in [-0.05, 0) is 46.2 Å². The summed E-state index contributed by atoms with van der Waals surface area (Å²) < 4.78 is 0. The molecule has 6 heteroatoms. The number of carbonyl (C=O) groups is 1. The van der Waals surface area contributed by atoms with Gasteiger partial charge in [0.25, 0.3) is 0 Å². The summed E-state index contributed by atoms with van der Waals surface area (Å²) in [4.78, 5) is 14.1. The van der Waals surface area contributed by atoms with E-state index < -0.39 is 11.0 Å². The number of carbonyl (C=O) groups excluding carboxylic acids is 1. The molecule has 184 valence electrons. The molecule has 1 heterocycles. The largest absolute Gasteiger partial charge is 0.326 e. The van der Waals surface area contributed by atoms with Crippen LogP contribution in [-0.2, 0) is 10.3 Å². The van der Waals surface area contributed by atoms with Crippen LogP contribution >= 0.6 is 0 Å². The van der Waals surface area contributed by atoms with E-state index in [-0.39, 0.29) is 5.91 Å². The topological polar surface area (TPSA) is 72.7 Å². The second kappa shape index (κ2) is 9.82. The van der Waals surface area contributed by atoms with Crippen molar-refractivity contribution in [2.75, 3.05) is 5.32 Å². The molecule has 4 aromatic carbocycles. The van der Waals surface area contributed by atoms with E-state index in [1.165, 1.54) is 0 Å². The van der Waals surface area contributed by atoms with E-state index in [2.05, 4.69) is 52.0 Å². The summed E-state index contributed by atoms with van der Waals surface area (Å²) >= 11 is 0. The lowest BCUT2D eigenvalue weighted by Crippen LogP contribution is -2.39. The molecule has 0 fully saturated rings. The number of benzene rings is 4. The Hall–Kier alpha value is -4.58. The molecule has 1 N–H and O–H groups in total. The Labute approximate surface area is 217 Å². The zero-order chi connectivity index (χ0) is 25.9. The van der Waals surface area contributed by atoms with Gasteiger partial charge in [0.15, 0.2) is 5.54 Å². The maximum atomic E-state index is 12.4. The molecule has 1 amide bonds. The van der Waals surface area contributed by atoms with E-state index in [1.807, 2.05) is 99.6 Å². The van der Waals surface area contributed by atoms with Gasteiger partial charge in [-0.1, -0.05) is 112 Å². The summed E-state index contributed by atoms with van der Waals surface area (Å²) in [5.74, 6) is 0.462. The first kappa shape index (κ1) is 24.1. The van der Waals surface area contributed by atoms with Gasteiger partial charge < -0.3 is 5.32 Å². The molecule has 5 rings (SSSR count). The van der Waals surface area contributed by atoms with Gasteiger partial charge in [0.1, 0.15) is 0 Å². The fourth-order valence-electron chi connectivity index (χ4n) is 4.38. The Morgan fingerprint density at radius 2 is 1.14 bits per heavy atom. The molecule has 5 aromatic rings. The van der Waals surface area contributed by atoms with Crippen LogP contribution in [0.5, 0.6) is 0 Å². The van der Waals surface area contributed by atoms with Crippen molar-refractivity contribution in [1.29, 1.82) is 0 Å². The minimum atomic E-state index is -0.824. The smallest absolute Gasteiger partial charge is 0.229 e. The highest BCUT2D eigenvalue weighted by Gasteiger charge is 2.41. The van der Waals surface area contributed by atoms with Gasteiger partial charge in [-0.15, -0.1) is 15.0 Å². The zero-order valence-corrected chi connectivity index (χ0v) is 21.2. The number of tetrazole rings is 1. The Balaban J connectivity index is 1.61. The number of amides is 1. The molecule has 0 aliphatic heterocycles. The minimum Gasteiger partial charge on any atom is -0.326 e. The number of hydrogen-bond donors (Lipinski definition) is 1. The Kier molecular flexibility index (Phi) is 6.40. The molecule has 0 atom stereocenters. The van der Waals surface area contributed by atoms with Gasteiger partial charge in [-0.25, -0.2) is 0 Å². The average molecular weight is 488 g/mol. The third-order valence-corrected chi connectivity index (χ3v) is 6.37. The van der Waals surface area contributed by atoms with E-state index in [0.717, 1.165) is 27.9 Å². The summed E-state index contributed by atoms with van der Waals surface area (Å²) in [6.45, 7) is 5.66.